The van der Waals surface area contributed by atoms with Gasteiger partial charge in [-0.1, -0.05) is 36.4 Å². The third kappa shape index (κ3) is 4.30. The fraction of sp³-hybridized carbons (Fsp3) is 0.259. The molecule has 1 aliphatic heterocycles. The second-order valence-electron chi connectivity index (χ2n) is 8.24. The molecule has 0 amide bonds. The number of aromatic nitrogens is 2. The molecule has 1 fully saturated rings. The number of benzene rings is 2. The van der Waals surface area contributed by atoms with Crippen molar-refractivity contribution in [3.8, 4) is 5.75 Å². The number of rotatable bonds is 6. The predicted molar refractivity (Wildman–Crippen MR) is 124 cm³/mol. The Balaban J connectivity index is 1.32. The average Bonchev–Trinajstić information content (AvgIpc) is 3.28. The number of hydrogen-bond acceptors (Lipinski definition) is 4. The van der Waals surface area contributed by atoms with E-state index in [9.17, 15) is 0 Å². The molecule has 31 heavy (non-hydrogen) atoms. The summed E-state index contributed by atoms with van der Waals surface area (Å²) < 4.78 is 5.34. The Morgan fingerprint density at radius 1 is 0.968 bits per heavy atom. The van der Waals surface area contributed by atoms with E-state index in [0.717, 1.165) is 37.2 Å². The third-order valence-corrected chi connectivity index (χ3v) is 6.21. The Hall–Kier alpha value is -3.24. The molecule has 4 aromatic rings. The van der Waals surface area contributed by atoms with Gasteiger partial charge in [0.05, 0.1) is 24.4 Å². The minimum absolute atomic E-state index is 0.373. The van der Waals surface area contributed by atoms with E-state index in [-0.39, 0.29) is 0 Å². The summed E-state index contributed by atoms with van der Waals surface area (Å²) in [5, 5.41) is 1.25. The Labute approximate surface area is 183 Å². The monoisotopic (exact) mass is 409 g/mol. The van der Waals surface area contributed by atoms with Gasteiger partial charge in [-0.25, -0.2) is 0 Å². The van der Waals surface area contributed by atoms with Crippen molar-refractivity contribution in [3.05, 3.63) is 102 Å². The maximum atomic E-state index is 5.34. The van der Waals surface area contributed by atoms with E-state index in [1.165, 1.54) is 34.2 Å². The van der Waals surface area contributed by atoms with Crippen LogP contribution < -0.4 is 4.74 Å². The normalized spacial score (nSPS) is 16.6. The predicted octanol–water partition coefficient (Wildman–Crippen LogP) is 5.57. The number of ether oxygens (including phenoxy) is 1. The van der Waals surface area contributed by atoms with Crippen LogP contribution in [0.25, 0.3) is 10.9 Å². The summed E-state index contributed by atoms with van der Waals surface area (Å²) >= 11 is 0. The second-order valence-corrected chi connectivity index (χ2v) is 8.24. The van der Waals surface area contributed by atoms with Crippen molar-refractivity contribution in [2.24, 2.45) is 0 Å². The first-order valence-electron chi connectivity index (χ1n) is 10.9. The maximum Gasteiger partial charge on any atom is 0.119 e. The van der Waals surface area contributed by atoms with Crippen LogP contribution in [0.3, 0.4) is 0 Å². The minimum Gasteiger partial charge on any atom is -0.497 e. The fourth-order valence-electron chi connectivity index (χ4n) is 4.62. The Bertz CT molecular complexity index is 1170. The van der Waals surface area contributed by atoms with Gasteiger partial charge in [0.25, 0.3) is 0 Å². The molecule has 0 bridgehead atoms. The van der Waals surface area contributed by atoms with E-state index in [1.807, 2.05) is 24.5 Å². The van der Waals surface area contributed by atoms with Crippen molar-refractivity contribution in [2.45, 2.75) is 31.8 Å². The smallest absolute Gasteiger partial charge is 0.119 e. The second kappa shape index (κ2) is 8.86. The quantitative estimate of drug-likeness (QED) is 0.417. The lowest BCUT2D eigenvalue weighted by molar-refractivity contribution is 0.245. The Morgan fingerprint density at radius 2 is 1.90 bits per heavy atom. The number of para-hydroxylation sites is 1. The molecule has 0 N–H and O–H groups in total. The molecule has 2 aromatic heterocycles. The summed E-state index contributed by atoms with van der Waals surface area (Å²) in [7, 11) is 1.71. The van der Waals surface area contributed by atoms with Gasteiger partial charge in [-0.3, -0.25) is 14.9 Å². The first kappa shape index (κ1) is 19.7. The van der Waals surface area contributed by atoms with Gasteiger partial charge in [-0.2, -0.15) is 0 Å². The van der Waals surface area contributed by atoms with Crippen LogP contribution in [0, 0.1) is 0 Å². The van der Waals surface area contributed by atoms with Crippen molar-refractivity contribution in [1.82, 2.24) is 14.9 Å². The number of methoxy groups -OCH3 is 1. The summed E-state index contributed by atoms with van der Waals surface area (Å²) in [6.07, 6.45) is 7.19. The molecule has 0 aliphatic carbocycles. The van der Waals surface area contributed by atoms with Crippen molar-refractivity contribution >= 4 is 10.9 Å². The first-order chi connectivity index (χ1) is 15.3. The van der Waals surface area contributed by atoms with Gasteiger partial charge in [0.15, 0.2) is 0 Å². The summed E-state index contributed by atoms with van der Waals surface area (Å²) in [4.78, 5) is 11.9. The van der Waals surface area contributed by atoms with E-state index in [1.54, 1.807) is 7.11 Å². The molecule has 0 saturated carbocycles. The maximum absolute atomic E-state index is 5.34. The third-order valence-electron chi connectivity index (χ3n) is 6.21. The zero-order chi connectivity index (χ0) is 21.0. The van der Waals surface area contributed by atoms with Crippen molar-refractivity contribution < 1.29 is 4.74 Å². The van der Waals surface area contributed by atoms with Crippen LogP contribution in [0.4, 0.5) is 0 Å². The molecular formula is C27H27N3O. The Morgan fingerprint density at radius 3 is 2.77 bits per heavy atom. The van der Waals surface area contributed by atoms with Gasteiger partial charge in [0.2, 0.25) is 0 Å². The highest BCUT2D eigenvalue weighted by atomic mass is 16.5. The number of nitrogens with zero attached hydrogens (tertiary/aromatic N) is 3. The van der Waals surface area contributed by atoms with Crippen molar-refractivity contribution in [1.29, 1.82) is 0 Å². The van der Waals surface area contributed by atoms with Gasteiger partial charge < -0.3 is 4.74 Å². The lowest BCUT2D eigenvalue weighted by atomic mass is 10.0. The highest BCUT2D eigenvalue weighted by Crippen LogP contribution is 2.33. The number of pyridine rings is 2. The summed E-state index contributed by atoms with van der Waals surface area (Å²) in [5.74, 6) is 0.896. The van der Waals surface area contributed by atoms with Crippen LogP contribution in [0.15, 0.2) is 79.1 Å². The van der Waals surface area contributed by atoms with Gasteiger partial charge in [-0.05, 0) is 72.8 Å². The molecule has 5 rings (SSSR count). The zero-order valence-electron chi connectivity index (χ0n) is 17.9. The van der Waals surface area contributed by atoms with E-state index in [2.05, 4.69) is 64.5 Å². The van der Waals surface area contributed by atoms with Crippen molar-refractivity contribution in [3.63, 3.8) is 0 Å². The van der Waals surface area contributed by atoms with Crippen LogP contribution >= 0.6 is 0 Å². The molecule has 1 unspecified atom stereocenters. The highest BCUT2D eigenvalue weighted by Gasteiger charge is 2.27. The van der Waals surface area contributed by atoms with Crippen LogP contribution in [-0.4, -0.2) is 28.5 Å². The summed E-state index contributed by atoms with van der Waals surface area (Å²) in [6.45, 7) is 2.04. The molecule has 1 atom stereocenters. The topological polar surface area (TPSA) is 38.2 Å². The first-order valence-corrected chi connectivity index (χ1v) is 10.9. The summed E-state index contributed by atoms with van der Waals surface area (Å²) in [5.41, 5.74) is 6.04. The Kier molecular flexibility index (Phi) is 5.63. The molecule has 1 saturated heterocycles. The lowest BCUT2D eigenvalue weighted by Crippen LogP contribution is -2.23. The van der Waals surface area contributed by atoms with Gasteiger partial charge >= 0.3 is 0 Å². The zero-order valence-corrected chi connectivity index (χ0v) is 17.9. The highest BCUT2D eigenvalue weighted by molar-refractivity contribution is 5.81. The fourth-order valence-corrected chi connectivity index (χ4v) is 4.62. The van der Waals surface area contributed by atoms with E-state index >= 15 is 0 Å². The molecule has 0 radical (unpaired) electrons. The number of likely N-dealkylation sites (tertiary alicyclic amines) is 1. The van der Waals surface area contributed by atoms with Crippen LogP contribution in [0.1, 0.15) is 41.3 Å². The minimum atomic E-state index is 0.373. The molecule has 2 aromatic carbocycles. The van der Waals surface area contributed by atoms with Gasteiger partial charge in [0.1, 0.15) is 5.75 Å². The SMILES string of the molecule is COc1cccc(Cc2ccc(C3CCCN3Cc3ccnc4ccccc34)nc2)c1. The van der Waals surface area contributed by atoms with Crippen LogP contribution in [0.5, 0.6) is 5.75 Å². The lowest BCUT2D eigenvalue weighted by Gasteiger charge is -2.24. The molecule has 3 heterocycles. The van der Waals surface area contributed by atoms with Gasteiger partial charge in [0, 0.05) is 24.3 Å². The van der Waals surface area contributed by atoms with Gasteiger partial charge in [-0.15, -0.1) is 0 Å². The molecule has 0 spiro atoms. The van der Waals surface area contributed by atoms with E-state index < -0.39 is 0 Å². The standard InChI is InChI=1S/C27H27N3O/c1-31-23-7-4-6-20(17-23)16-21-11-12-26(29-18-21)27-10-5-15-30(27)19-22-13-14-28-25-9-3-2-8-24(22)25/h2-4,6-9,11-14,17-18,27H,5,10,15-16,19H2,1H3. The summed E-state index contributed by atoms with van der Waals surface area (Å²) in [6, 6.07) is 23.6. The van der Waals surface area contributed by atoms with E-state index in [0.29, 0.717) is 6.04 Å². The van der Waals surface area contributed by atoms with Crippen LogP contribution in [-0.2, 0) is 13.0 Å². The van der Waals surface area contributed by atoms with E-state index in [4.69, 9.17) is 9.72 Å². The molecule has 1 aliphatic rings. The largest absolute Gasteiger partial charge is 0.497 e. The van der Waals surface area contributed by atoms with Crippen LogP contribution in [0.2, 0.25) is 0 Å². The average molecular weight is 410 g/mol. The number of fused-ring (bicyclic) bond motifs is 1. The molecule has 4 nitrogen and oxygen atoms in total. The van der Waals surface area contributed by atoms with Crippen molar-refractivity contribution in [2.75, 3.05) is 13.7 Å². The molecular weight excluding hydrogens is 382 g/mol. The molecule has 156 valence electrons. The number of hydrogen-bond donors (Lipinski definition) is 0. The molecule has 4 heteroatoms.